The van der Waals surface area contributed by atoms with Gasteiger partial charge in [-0.1, -0.05) is 18.2 Å². The lowest BCUT2D eigenvalue weighted by Crippen LogP contribution is -2.21. The summed E-state index contributed by atoms with van der Waals surface area (Å²) in [6.45, 7) is -0.438. The Morgan fingerprint density at radius 1 is 1.07 bits per heavy atom. The number of hydrogen-bond donors (Lipinski definition) is 4. The van der Waals surface area contributed by atoms with Gasteiger partial charge in [0.15, 0.2) is 6.61 Å². The van der Waals surface area contributed by atoms with E-state index in [0.29, 0.717) is 26.8 Å². The third-order valence-corrected chi connectivity index (χ3v) is 4.68. The fourth-order valence-corrected chi connectivity index (χ4v) is 3.23. The number of H-pyrrole nitrogens is 3. The molecule has 4 N–H and O–H groups in total. The number of halogens is 1. The molecule has 0 radical (unpaired) electrons. The van der Waals surface area contributed by atoms with E-state index in [-0.39, 0.29) is 5.69 Å². The molecule has 2 aromatic carbocycles. The number of ether oxygens (including phenoxy) is 1. The Kier molecular flexibility index (Phi) is 4.28. The monoisotopic (exact) mass is 428 g/mol. The summed E-state index contributed by atoms with van der Waals surface area (Å²) in [5.41, 5.74) is 2.45. The van der Waals surface area contributed by atoms with Crippen molar-refractivity contribution in [1.29, 1.82) is 0 Å². The van der Waals surface area contributed by atoms with Crippen molar-refractivity contribution in [2.75, 3.05) is 11.9 Å². The van der Waals surface area contributed by atoms with Crippen LogP contribution < -0.4 is 11.0 Å². The molecule has 8 nitrogen and oxygen atoms in total. The average Bonchev–Trinajstić information content (AvgIpc) is 3.22. The topological polar surface area (TPSA) is 120 Å². The Hall–Kier alpha value is -3.33. The van der Waals surface area contributed by atoms with E-state index in [2.05, 4.69) is 36.2 Å². The molecule has 0 saturated carbocycles. The number of rotatable bonds is 4. The van der Waals surface area contributed by atoms with Crippen LogP contribution >= 0.6 is 15.9 Å². The molecule has 0 fully saturated rings. The third-order valence-electron chi connectivity index (χ3n) is 4.02. The van der Waals surface area contributed by atoms with Crippen LogP contribution in [0.25, 0.3) is 21.9 Å². The number of para-hydroxylation sites is 1. The van der Waals surface area contributed by atoms with Gasteiger partial charge in [-0.05, 0) is 34.1 Å². The van der Waals surface area contributed by atoms with Gasteiger partial charge in [0.25, 0.3) is 5.91 Å². The van der Waals surface area contributed by atoms with Crippen LogP contribution in [0.2, 0.25) is 0 Å². The van der Waals surface area contributed by atoms with Crippen molar-refractivity contribution in [3.05, 3.63) is 63.1 Å². The van der Waals surface area contributed by atoms with Gasteiger partial charge in [0.05, 0.1) is 22.3 Å². The number of esters is 1. The highest BCUT2D eigenvalue weighted by Crippen LogP contribution is 2.26. The van der Waals surface area contributed by atoms with Gasteiger partial charge < -0.3 is 25.0 Å². The molecule has 9 heteroatoms. The summed E-state index contributed by atoms with van der Waals surface area (Å²) in [6.07, 6.45) is 1.55. The predicted octanol–water partition coefficient (Wildman–Crippen LogP) is 2.90. The van der Waals surface area contributed by atoms with Crippen molar-refractivity contribution in [3.8, 4) is 0 Å². The Labute approximate surface area is 160 Å². The second-order valence-electron chi connectivity index (χ2n) is 5.83. The molecular formula is C18H13BrN4O4. The molecule has 0 unspecified atom stereocenters. The molecule has 136 valence electrons. The number of aromatic amines is 3. The first-order valence-corrected chi connectivity index (χ1v) is 8.75. The third kappa shape index (κ3) is 3.36. The maximum absolute atomic E-state index is 12.2. The first-order chi connectivity index (χ1) is 13.0. The van der Waals surface area contributed by atoms with Crippen LogP contribution in [0.5, 0.6) is 0 Å². The Morgan fingerprint density at radius 2 is 1.81 bits per heavy atom. The summed E-state index contributed by atoms with van der Waals surface area (Å²) in [5, 5.41) is 3.37. The van der Waals surface area contributed by atoms with E-state index >= 15 is 0 Å². The number of carbonyl (C=O) groups excluding carboxylic acids is 2. The number of nitrogens with one attached hydrogen (secondary N) is 4. The van der Waals surface area contributed by atoms with Crippen molar-refractivity contribution < 1.29 is 14.3 Å². The van der Waals surface area contributed by atoms with Crippen LogP contribution in [0.4, 0.5) is 5.69 Å². The number of imidazole rings is 1. The van der Waals surface area contributed by atoms with Gasteiger partial charge in [-0.2, -0.15) is 0 Å². The van der Waals surface area contributed by atoms with Gasteiger partial charge in [0, 0.05) is 21.6 Å². The summed E-state index contributed by atoms with van der Waals surface area (Å²) < 4.78 is 5.69. The minimum absolute atomic E-state index is 0.340. The number of amides is 1. The largest absolute Gasteiger partial charge is 0.452 e. The van der Waals surface area contributed by atoms with Crippen molar-refractivity contribution in [3.63, 3.8) is 0 Å². The molecular weight excluding hydrogens is 416 g/mol. The van der Waals surface area contributed by atoms with E-state index in [0.717, 1.165) is 10.9 Å². The quantitative estimate of drug-likeness (QED) is 0.373. The average molecular weight is 429 g/mol. The summed E-state index contributed by atoms with van der Waals surface area (Å²) in [4.78, 5) is 44.0. The summed E-state index contributed by atoms with van der Waals surface area (Å²) in [6, 6.07) is 10.6. The molecule has 0 spiro atoms. The van der Waals surface area contributed by atoms with Crippen LogP contribution in [0.3, 0.4) is 0 Å². The van der Waals surface area contributed by atoms with Crippen LogP contribution in [-0.4, -0.2) is 33.4 Å². The highest BCUT2D eigenvalue weighted by molar-refractivity contribution is 9.10. The van der Waals surface area contributed by atoms with E-state index in [1.54, 1.807) is 24.4 Å². The summed E-state index contributed by atoms with van der Waals surface area (Å²) in [7, 11) is 0. The molecule has 0 aliphatic rings. The first-order valence-electron chi connectivity index (χ1n) is 7.96. The zero-order chi connectivity index (χ0) is 19.0. The summed E-state index contributed by atoms with van der Waals surface area (Å²) in [5.74, 6) is -1.09. The predicted molar refractivity (Wildman–Crippen MR) is 104 cm³/mol. The number of benzene rings is 2. The molecule has 4 rings (SSSR count). The van der Waals surface area contributed by atoms with Crippen molar-refractivity contribution in [2.45, 2.75) is 0 Å². The standard InChI is InChI=1S/C18H13BrN4O4/c19-11-5-14-15(23-18(26)22-14)6-13(11)21-16(24)8-27-17(25)10-7-20-12-4-2-1-3-9(10)12/h1-7,20H,8H2,(H,21,24)(H2,22,23,26). The maximum Gasteiger partial charge on any atom is 0.340 e. The molecule has 4 aromatic rings. The molecule has 2 aromatic heterocycles. The number of anilines is 1. The second kappa shape index (κ2) is 6.76. The lowest BCUT2D eigenvalue weighted by atomic mass is 10.2. The molecule has 0 aliphatic heterocycles. The molecule has 2 heterocycles. The molecule has 1 amide bonds. The van der Waals surface area contributed by atoms with E-state index in [4.69, 9.17) is 4.74 Å². The first kappa shape index (κ1) is 17.1. The number of aromatic nitrogens is 3. The fourth-order valence-electron chi connectivity index (χ4n) is 2.79. The zero-order valence-corrected chi connectivity index (χ0v) is 15.3. The number of carbonyl (C=O) groups is 2. The molecule has 0 atom stereocenters. The molecule has 0 saturated heterocycles. The van der Waals surface area contributed by atoms with E-state index < -0.39 is 18.5 Å². The molecule has 0 aliphatic carbocycles. The van der Waals surface area contributed by atoms with Gasteiger partial charge in [-0.25, -0.2) is 9.59 Å². The number of hydrogen-bond acceptors (Lipinski definition) is 4. The van der Waals surface area contributed by atoms with Crippen LogP contribution in [0, 0.1) is 0 Å². The van der Waals surface area contributed by atoms with Gasteiger partial charge in [-0.15, -0.1) is 0 Å². The van der Waals surface area contributed by atoms with Gasteiger partial charge in [-0.3, -0.25) is 4.79 Å². The van der Waals surface area contributed by atoms with Crippen molar-refractivity contribution in [1.82, 2.24) is 15.0 Å². The van der Waals surface area contributed by atoms with E-state index in [1.165, 1.54) is 0 Å². The normalized spacial score (nSPS) is 11.0. The molecule has 27 heavy (non-hydrogen) atoms. The minimum atomic E-state index is -0.591. The second-order valence-corrected chi connectivity index (χ2v) is 6.68. The summed E-state index contributed by atoms with van der Waals surface area (Å²) >= 11 is 3.33. The smallest absolute Gasteiger partial charge is 0.340 e. The lowest BCUT2D eigenvalue weighted by molar-refractivity contribution is -0.119. The van der Waals surface area contributed by atoms with E-state index in [9.17, 15) is 14.4 Å². The highest BCUT2D eigenvalue weighted by atomic mass is 79.9. The van der Waals surface area contributed by atoms with Crippen LogP contribution in [-0.2, 0) is 9.53 Å². The Bertz CT molecular complexity index is 1240. The lowest BCUT2D eigenvalue weighted by Gasteiger charge is -2.08. The van der Waals surface area contributed by atoms with Crippen LogP contribution in [0.1, 0.15) is 10.4 Å². The zero-order valence-electron chi connectivity index (χ0n) is 13.8. The fraction of sp³-hybridized carbons (Fsp3) is 0.0556. The van der Waals surface area contributed by atoms with Gasteiger partial charge in [0.1, 0.15) is 0 Å². The van der Waals surface area contributed by atoms with Gasteiger partial charge >= 0.3 is 11.7 Å². The van der Waals surface area contributed by atoms with Crippen molar-refractivity contribution in [2.24, 2.45) is 0 Å². The highest BCUT2D eigenvalue weighted by Gasteiger charge is 2.15. The van der Waals surface area contributed by atoms with E-state index in [1.807, 2.05) is 18.2 Å². The minimum Gasteiger partial charge on any atom is -0.452 e. The Morgan fingerprint density at radius 3 is 2.63 bits per heavy atom. The maximum atomic E-state index is 12.2. The Balaban J connectivity index is 1.44. The SMILES string of the molecule is O=C(COC(=O)c1c[nH]c2ccccc12)Nc1cc2[nH]c(=O)[nH]c2cc1Br. The number of fused-ring (bicyclic) bond motifs is 2. The molecule has 0 bridgehead atoms. The van der Waals surface area contributed by atoms with Gasteiger partial charge in [0.2, 0.25) is 0 Å². The van der Waals surface area contributed by atoms with Crippen molar-refractivity contribution >= 4 is 55.4 Å². The van der Waals surface area contributed by atoms with Crippen LogP contribution in [0.15, 0.2) is 51.9 Å².